The SMILES string of the molecule is CC(CCN)C(=O)N(C)Cc1ccc(C2CC2C)o1. The first-order chi connectivity index (χ1) is 9.02. The van der Waals surface area contributed by atoms with Crippen molar-refractivity contribution in [2.24, 2.45) is 17.6 Å². The predicted molar refractivity (Wildman–Crippen MR) is 74.5 cm³/mol. The Bertz CT molecular complexity index is 441. The summed E-state index contributed by atoms with van der Waals surface area (Å²) < 4.78 is 5.82. The highest BCUT2D eigenvalue weighted by Gasteiger charge is 2.36. The van der Waals surface area contributed by atoms with Gasteiger partial charge in [0, 0.05) is 18.9 Å². The average Bonchev–Trinajstić information content (AvgIpc) is 2.92. The predicted octanol–water partition coefficient (Wildman–Crippen LogP) is 2.35. The lowest BCUT2D eigenvalue weighted by Crippen LogP contribution is -2.32. The smallest absolute Gasteiger partial charge is 0.225 e. The third-order valence-electron chi connectivity index (χ3n) is 3.95. The van der Waals surface area contributed by atoms with Gasteiger partial charge in [0.1, 0.15) is 11.5 Å². The fourth-order valence-corrected chi connectivity index (χ4v) is 2.46. The van der Waals surface area contributed by atoms with Crippen LogP contribution in [0.4, 0.5) is 0 Å². The molecule has 19 heavy (non-hydrogen) atoms. The summed E-state index contributed by atoms with van der Waals surface area (Å²) in [4.78, 5) is 13.8. The van der Waals surface area contributed by atoms with E-state index in [4.69, 9.17) is 10.2 Å². The van der Waals surface area contributed by atoms with Crippen LogP contribution in [-0.4, -0.2) is 24.4 Å². The summed E-state index contributed by atoms with van der Waals surface area (Å²) in [7, 11) is 1.82. The summed E-state index contributed by atoms with van der Waals surface area (Å²) >= 11 is 0. The summed E-state index contributed by atoms with van der Waals surface area (Å²) in [5.41, 5.74) is 5.49. The van der Waals surface area contributed by atoms with Crippen molar-refractivity contribution in [3.63, 3.8) is 0 Å². The molecule has 2 rings (SSSR count). The Morgan fingerprint density at radius 3 is 2.84 bits per heavy atom. The first-order valence-electron chi connectivity index (χ1n) is 7.06. The van der Waals surface area contributed by atoms with Crippen LogP contribution in [0.1, 0.15) is 44.1 Å². The molecule has 0 radical (unpaired) electrons. The van der Waals surface area contributed by atoms with E-state index in [-0.39, 0.29) is 11.8 Å². The molecular weight excluding hydrogens is 240 g/mol. The van der Waals surface area contributed by atoms with Gasteiger partial charge in [0.2, 0.25) is 5.91 Å². The van der Waals surface area contributed by atoms with E-state index >= 15 is 0 Å². The standard InChI is InChI=1S/C15H24N2O2/c1-10(6-7-16)15(18)17(3)9-12-4-5-14(19-12)13-8-11(13)2/h4-5,10-11,13H,6-9,16H2,1-3H3. The summed E-state index contributed by atoms with van der Waals surface area (Å²) in [6.07, 6.45) is 1.95. The van der Waals surface area contributed by atoms with E-state index in [0.29, 0.717) is 19.0 Å². The van der Waals surface area contributed by atoms with Crippen LogP contribution in [0.3, 0.4) is 0 Å². The summed E-state index contributed by atoms with van der Waals surface area (Å²) in [6, 6.07) is 4.03. The van der Waals surface area contributed by atoms with Gasteiger partial charge in [-0.05, 0) is 37.4 Å². The van der Waals surface area contributed by atoms with Crippen LogP contribution < -0.4 is 5.73 Å². The molecule has 4 nitrogen and oxygen atoms in total. The highest BCUT2D eigenvalue weighted by Crippen LogP contribution is 2.47. The number of carbonyl (C=O) groups excluding carboxylic acids is 1. The van der Waals surface area contributed by atoms with Gasteiger partial charge in [0.05, 0.1) is 6.54 Å². The molecule has 1 fully saturated rings. The van der Waals surface area contributed by atoms with Crippen molar-refractivity contribution in [3.8, 4) is 0 Å². The summed E-state index contributed by atoms with van der Waals surface area (Å²) in [5, 5.41) is 0. The van der Waals surface area contributed by atoms with Crippen molar-refractivity contribution in [2.45, 2.75) is 39.2 Å². The number of nitrogens with zero attached hydrogens (tertiary/aromatic N) is 1. The maximum atomic E-state index is 12.1. The van der Waals surface area contributed by atoms with Gasteiger partial charge < -0.3 is 15.1 Å². The summed E-state index contributed by atoms with van der Waals surface area (Å²) in [6.45, 7) is 5.24. The van der Waals surface area contributed by atoms with Gasteiger partial charge in [-0.15, -0.1) is 0 Å². The normalized spacial score (nSPS) is 23.2. The largest absolute Gasteiger partial charge is 0.464 e. The van der Waals surface area contributed by atoms with Crippen LogP contribution in [0.15, 0.2) is 16.5 Å². The molecule has 4 heteroatoms. The Labute approximate surface area is 114 Å². The molecule has 1 aliphatic rings. The molecule has 3 atom stereocenters. The van der Waals surface area contributed by atoms with Gasteiger partial charge in [-0.3, -0.25) is 4.79 Å². The third-order valence-corrected chi connectivity index (χ3v) is 3.95. The maximum absolute atomic E-state index is 12.1. The second-order valence-electron chi connectivity index (χ2n) is 5.80. The van der Waals surface area contributed by atoms with Crippen molar-refractivity contribution in [3.05, 3.63) is 23.7 Å². The number of amides is 1. The van der Waals surface area contributed by atoms with Crippen molar-refractivity contribution in [1.82, 2.24) is 4.90 Å². The minimum atomic E-state index is -0.0205. The zero-order chi connectivity index (χ0) is 14.0. The molecule has 0 aromatic carbocycles. The van der Waals surface area contributed by atoms with E-state index in [0.717, 1.165) is 23.9 Å². The van der Waals surface area contributed by atoms with Gasteiger partial charge in [0.15, 0.2) is 0 Å². The van der Waals surface area contributed by atoms with E-state index in [9.17, 15) is 4.79 Å². The molecule has 106 valence electrons. The lowest BCUT2D eigenvalue weighted by molar-refractivity contribution is -0.134. The topological polar surface area (TPSA) is 59.5 Å². The Balaban J connectivity index is 1.89. The zero-order valence-electron chi connectivity index (χ0n) is 12.1. The van der Waals surface area contributed by atoms with Crippen molar-refractivity contribution >= 4 is 5.91 Å². The van der Waals surface area contributed by atoms with Gasteiger partial charge in [-0.2, -0.15) is 0 Å². The fourth-order valence-electron chi connectivity index (χ4n) is 2.46. The molecule has 0 spiro atoms. The average molecular weight is 264 g/mol. The molecule has 1 amide bonds. The van der Waals surface area contributed by atoms with Crippen LogP contribution in [-0.2, 0) is 11.3 Å². The minimum Gasteiger partial charge on any atom is -0.464 e. The van der Waals surface area contributed by atoms with E-state index in [1.807, 2.05) is 26.1 Å². The molecule has 1 aliphatic carbocycles. The Morgan fingerprint density at radius 1 is 1.58 bits per heavy atom. The van der Waals surface area contributed by atoms with E-state index in [2.05, 4.69) is 6.92 Å². The van der Waals surface area contributed by atoms with Crippen molar-refractivity contribution < 1.29 is 9.21 Å². The second kappa shape index (κ2) is 5.78. The first-order valence-corrected chi connectivity index (χ1v) is 7.06. The van der Waals surface area contributed by atoms with Crippen LogP contribution in [0.25, 0.3) is 0 Å². The molecule has 1 aromatic heterocycles. The second-order valence-corrected chi connectivity index (χ2v) is 5.80. The molecule has 0 saturated heterocycles. The summed E-state index contributed by atoms with van der Waals surface area (Å²) in [5.74, 6) is 3.37. The van der Waals surface area contributed by atoms with Crippen LogP contribution >= 0.6 is 0 Å². The number of hydrogen-bond acceptors (Lipinski definition) is 3. The number of furan rings is 1. The molecule has 1 aromatic rings. The first kappa shape index (κ1) is 14.1. The van der Waals surface area contributed by atoms with Gasteiger partial charge >= 0.3 is 0 Å². The number of hydrogen-bond donors (Lipinski definition) is 1. The van der Waals surface area contributed by atoms with E-state index < -0.39 is 0 Å². The van der Waals surface area contributed by atoms with Crippen LogP contribution in [0.5, 0.6) is 0 Å². The highest BCUT2D eigenvalue weighted by molar-refractivity contribution is 5.78. The quantitative estimate of drug-likeness (QED) is 0.858. The van der Waals surface area contributed by atoms with Crippen molar-refractivity contribution in [2.75, 3.05) is 13.6 Å². The van der Waals surface area contributed by atoms with Crippen molar-refractivity contribution in [1.29, 1.82) is 0 Å². The van der Waals surface area contributed by atoms with Gasteiger partial charge in [-0.25, -0.2) is 0 Å². The zero-order valence-corrected chi connectivity index (χ0v) is 12.1. The van der Waals surface area contributed by atoms with Gasteiger partial charge in [0.25, 0.3) is 0 Å². The molecule has 0 aliphatic heterocycles. The molecule has 3 unspecified atom stereocenters. The molecule has 1 saturated carbocycles. The minimum absolute atomic E-state index is 0.0205. The van der Waals surface area contributed by atoms with Gasteiger partial charge in [-0.1, -0.05) is 13.8 Å². The monoisotopic (exact) mass is 264 g/mol. The number of rotatable bonds is 6. The Hall–Kier alpha value is -1.29. The molecular formula is C15H24N2O2. The van der Waals surface area contributed by atoms with E-state index in [1.54, 1.807) is 4.90 Å². The lowest BCUT2D eigenvalue weighted by atomic mass is 10.1. The Kier molecular flexibility index (Phi) is 4.30. The number of nitrogens with two attached hydrogens (primary N) is 1. The molecule has 1 heterocycles. The Morgan fingerprint density at radius 2 is 2.26 bits per heavy atom. The molecule has 2 N–H and O–H groups in total. The maximum Gasteiger partial charge on any atom is 0.225 e. The number of carbonyl (C=O) groups is 1. The van der Waals surface area contributed by atoms with E-state index in [1.165, 1.54) is 6.42 Å². The van der Waals surface area contributed by atoms with Crippen LogP contribution in [0.2, 0.25) is 0 Å². The third kappa shape index (κ3) is 3.38. The lowest BCUT2D eigenvalue weighted by Gasteiger charge is -2.20. The highest BCUT2D eigenvalue weighted by atomic mass is 16.3. The molecule has 0 bridgehead atoms. The van der Waals surface area contributed by atoms with Crippen LogP contribution in [0, 0.1) is 11.8 Å². The fraction of sp³-hybridized carbons (Fsp3) is 0.667.